The van der Waals surface area contributed by atoms with Crippen LogP contribution in [0.1, 0.15) is 21.5 Å². The van der Waals surface area contributed by atoms with E-state index in [1.807, 2.05) is 6.07 Å². The predicted octanol–water partition coefficient (Wildman–Crippen LogP) is 5.90. The number of aromatic nitrogens is 1. The lowest BCUT2D eigenvalue weighted by Gasteiger charge is -2.38. The Balaban J connectivity index is 1.42. The zero-order valence-corrected chi connectivity index (χ0v) is 23.8. The van der Waals surface area contributed by atoms with Gasteiger partial charge in [-0.05, 0) is 35.9 Å². The van der Waals surface area contributed by atoms with Gasteiger partial charge in [-0.2, -0.15) is 18.4 Å². The number of morpholine rings is 1. The van der Waals surface area contributed by atoms with E-state index in [0.29, 0.717) is 50.3 Å². The number of nitrogens with one attached hydrogen (secondary N) is 1. The number of anilines is 1. The summed E-state index contributed by atoms with van der Waals surface area (Å²) < 4.78 is 75.5. The SMILES string of the molecule is N#Cc1ccc(-c2ccc(C[C@H](NC(=O)c3c(F)cc(N4CCOCC4C(F)(F)F)cc3F)C(=O)O)c3cccnc23)c(Cl)c1. The van der Waals surface area contributed by atoms with E-state index in [2.05, 4.69) is 10.3 Å². The molecule has 8 nitrogen and oxygen atoms in total. The molecular weight excluding hydrogens is 623 g/mol. The zero-order chi connectivity index (χ0) is 32.5. The fourth-order valence-electron chi connectivity index (χ4n) is 5.21. The van der Waals surface area contributed by atoms with Crippen molar-refractivity contribution in [3.8, 4) is 17.2 Å². The van der Waals surface area contributed by atoms with Crippen LogP contribution in [0.25, 0.3) is 22.0 Å². The van der Waals surface area contributed by atoms with Crippen molar-refractivity contribution in [2.75, 3.05) is 24.7 Å². The number of nitriles is 1. The van der Waals surface area contributed by atoms with Crippen LogP contribution < -0.4 is 10.2 Å². The van der Waals surface area contributed by atoms with Crippen molar-refractivity contribution in [1.82, 2.24) is 10.3 Å². The largest absolute Gasteiger partial charge is 0.480 e. The molecule has 0 radical (unpaired) electrons. The molecule has 0 bridgehead atoms. The van der Waals surface area contributed by atoms with Crippen LogP contribution in [0.15, 0.2) is 60.8 Å². The molecule has 2 N–H and O–H groups in total. The molecular formula is C31H22ClF5N4O4. The third-order valence-electron chi connectivity index (χ3n) is 7.37. The van der Waals surface area contributed by atoms with Gasteiger partial charge in [-0.1, -0.05) is 35.9 Å². The van der Waals surface area contributed by atoms with Crippen LogP contribution in [0.3, 0.4) is 0 Å². The highest BCUT2D eigenvalue weighted by Gasteiger charge is 2.46. The molecule has 232 valence electrons. The van der Waals surface area contributed by atoms with Gasteiger partial charge < -0.3 is 20.1 Å². The molecule has 1 unspecified atom stereocenters. The summed E-state index contributed by atoms with van der Waals surface area (Å²) in [4.78, 5) is 30.3. The number of nitrogens with zero attached hydrogens (tertiary/aromatic N) is 3. The van der Waals surface area contributed by atoms with E-state index in [4.69, 9.17) is 21.6 Å². The summed E-state index contributed by atoms with van der Waals surface area (Å²) in [7, 11) is 0. The standard InChI is InChI=1S/C31H22ClF5N4O4/c32-22-10-16(14-38)3-5-20(22)21-6-4-17(19-2-1-7-39-28(19)21)11-25(30(43)44)40-29(42)27-23(33)12-18(13-24(27)34)41-8-9-45-15-26(41)31(35,36)37/h1-7,10,12-13,25-26H,8-9,11,15H2,(H,40,42)(H,43,44)/t25-,26?/m0/s1. The molecule has 3 aromatic carbocycles. The van der Waals surface area contributed by atoms with E-state index in [9.17, 15) is 27.9 Å². The third kappa shape index (κ3) is 6.52. The Hall–Kier alpha value is -4.80. The van der Waals surface area contributed by atoms with Gasteiger partial charge in [-0.15, -0.1) is 0 Å². The highest BCUT2D eigenvalue weighted by atomic mass is 35.5. The number of pyridine rings is 1. The van der Waals surface area contributed by atoms with Crippen molar-refractivity contribution in [2.24, 2.45) is 0 Å². The van der Waals surface area contributed by atoms with E-state index in [1.54, 1.807) is 36.4 Å². The molecule has 1 aliphatic rings. The van der Waals surface area contributed by atoms with E-state index >= 15 is 8.78 Å². The van der Waals surface area contributed by atoms with E-state index in [0.717, 1.165) is 4.90 Å². The number of fused-ring (bicyclic) bond motifs is 1. The predicted molar refractivity (Wildman–Crippen MR) is 154 cm³/mol. The number of carboxylic acids is 1. The number of aliphatic carboxylic acids is 1. The van der Waals surface area contributed by atoms with Crippen LogP contribution in [0, 0.1) is 23.0 Å². The lowest BCUT2D eigenvalue weighted by molar-refractivity contribution is -0.167. The maximum absolute atomic E-state index is 15.1. The Labute approximate surface area is 257 Å². The second kappa shape index (κ2) is 12.7. The quantitative estimate of drug-likeness (QED) is 0.241. The van der Waals surface area contributed by atoms with Crippen molar-refractivity contribution in [1.29, 1.82) is 5.26 Å². The molecule has 0 aliphatic carbocycles. The number of ether oxygens (including phenoxy) is 1. The van der Waals surface area contributed by atoms with Crippen LogP contribution >= 0.6 is 11.6 Å². The molecule has 0 spiro atoms. The minimum atomic E-state index is -4.75. The molecule has 0 saturated carbocycles. The van der Waals surface area contributed by atoms with E-state index in [-0.39, 0.29) is 19.6 Å². The second-order valence-electron chi connectivity index (χ2n) is 10.2. The van der Waals surface area contributed by atoms with Crippen molar-refractivity contribution in [2.45, 2.75) is 24.7 Å². The summed E-state index contributed by atoms with van der Waals surface area (Å²) in [5.74, 6) is -5.82. The number of amides is 1. The van der Waals surface area contributed by atoms with Crippen molar-refractivity contribution in [3.63, 3.8) is 0 Å². The number of hydrogen-bond acceptors (Lipinski definition) is 6. The Morgan fingerprint density at radius 2 is 1.84 bits per heavy atom. The third-order valence-corrected chi connectivity index (χ3v) is 7.68. The van der Waals surface area contributed by atoms with Crippen LogP contribution in [0.5, 0.6) is 0 Å². The lowest BCUT2D eigenvalue weighted by atomic mass is 9.94. The van der Waals surface area contributed by atoms with E-state index in [1.165, 1.54) is 12.3 Å². The number of rotatable bonds is 7. The highest BCUT2D eigenvalue weighted by Crippen LogP contribution is 2.35. The van der Waals surface area contributed by atoms with Gasteiger partial charge in [0.2, 0.25) is 0 Å². The molecule has 1 aliphatic heterocycles. The van der Waals surface area contributed by atoms with Gasteiger partial charge in [0.15, 0.2) is 0 Å². The molecule has 45 heavy (non-hydrogen) atoms. The maximum Gasteiger partial charge on any atom is 0.411 e. The monoisotopic (exact) mass is 644 g/mol. The summed E-state index contributed by atoms with van der Waals surface area (Å²) in [6.07, 6.45) is -3.54. The van der Waals surface area contributed by atoms with Gasteiger partial charge >= 0.3 is 12.1 Å². The minimum Gasteiger partial charge on any atom is -0.480 e. The first-order valence-corrected chi connectivity index (χ1v) is 13.8. The van der Waals surface area contributed by atoms with Gasteiger partial charge in [0.25, 0.3) is 5.91 Å². The summed E-state index contributed by atoms with van der Waals surface area (Å²) in [5.41, 5.74) is 0.819. The lowest BCUT2D eigenvalue weighted by Crippen LogP contribution is -2.53. The van der Waals surface area contributed by atoms with E-state index < -0.39 is 59.6 Å². The Kier molecular flexibility index (Phi) is 8.90. The summed E-state index contributed by atoms with van der Waals surface area (Å²) >= 11 is 6.41. The molecule has 2 atom stereocenters. The number of alkyl halides is 3. The van der Waals surface area contributed by atoms with Crippen LogP contribution in [-0.4, -0.2) is 60.0 Å². The first-order valence-electron chi connectivity index (χ1n) is 13.4. The van der Waals surface area contributed by atoms with Gasteiger partial charge in [0, 0.05) is 46.4 Å². The summed E-state index contributed by atoms with van der Waals surface area (Å²) in [5, 5.41) is 22.0. The van der Waals surface area contributed by atoms with Gasteiger partial charge in [0.05, 0.1) is 30.4 Å². The van der Waals surface area contributed by atoms with Crippen molar-refractivity contribution >= 4 is 40.1 Å². The Morgan fingerprint density at radius 3 is 2.49 bits per heavy atom. The van der Waals surface area contributed by atoms with Crippen molar-refractivity contribution in [3.05, 3.63) is 94.1 Å². The summed E-state index contributed by atoms with van der Waals surface area (Å²) in [6.45, 7) is -1.14. The second-order valence-corrected chi connectivity index (χ2v) is 10.6. The highest BCUT2D eigenvalue weighted by molar-refractivity contribution is 6.33. The molecule has 1 fully saturated rings. The first kappa shape index (κ1) is 31.6. The maximum atomic E-state index is 15.1. The fourth-order valence-corrected chi connectivity index (χ4v) is 5.49. The molecule has 14 heteroatoms. The van der Waals surface area contributed by atoms with Crippen LogP contribution in [0.2, 0.25) is 5.02 Å². The first-order chi connectivity index (χ1) is 21.4. The molecule has 1 aromatic heterocycles. The minimum absolute atomic E-state index is 0.107. The Morgan fingerprint density at radius 1 is 1.13 bits per heavy atom. The summed E-state index contributed by atoms with van der Waals surface area (Å²) in [6, 6.07) is 10.7. The van der Waals surface area contributed by atoms with Gasteiger partial charge in [-0.3, -0.25) is 9.78 Å². The van der Waals surface area contributed by atoms with Crippen LogP contribution in [-0.2, 0) is 16.0 Å². The fraction of sp³-hybridized carbons (Fsp3) is 0.226. The average molecular weight is 645 g/mol. The topological polar surface area (TPSA) is 116 Å². The van der Waals surface area contributed by atoms with Crippen molar-refractivity contribution < 1.29 is 41.4 Å². The average Bonchev–Trinajstić information content (AvgIpc) is 3.00. The molecule has 2 heterocycles. The number of benzene rings is 3. The number of carbonyl (C=O) groups excluding carboxylic acids is 1. The number of carbonyl (C=O) groups is 2. The molecule has 1 saturated heterocycles. The molecule has 4 aromatic rings. The number of hydrogen-bond donors (Lipinski definition) is 2. The number of halogens is 6. The Bertz CT molecular complexity index is 1820. The number of carboxylic acid groups (broad SMARTS) is 1. The van der Waals surface area contributed by atoms with Gasteiger partial charge in [-0.25, -0.2) is 13.6 Å². The van der Waals surface area contributed by atoms with Crippen LogP contribution in [0.4, 0.5) is 27.6 Å². The smallest absolute Gasteiger partial charge is 0.411 e. The molecule has 5 rings (SSSR count). The molecule has 1 amide bonds. The van der Waals surface area contributed by atoms with Gasteiger partial charge in [0.1, 0.15) is 29.3 Å². The zero-order valence-electron chi connectivity index (χ0n) is 23.0. The normalized spacial score (nSPS) is 15.8.